The highest BCUT2D eigenvalue weighted by atomic mass is 16.3. The van der Waals surface area contributed by atoms with Crippen LogP contribution in [0.4, 0.5) is 0 Å². The maximum atomic E-state index is 9.33. The Balaban J connectivity index is 1.65. The Kier molecular flexibility index (Phi) is 4.07. The summed E-state index contributed by atoms with van der Waals surface area (Å²) < 4.78 is 3.69. The van der Waals surface area contributed by atoms with Gasteiger partial charge in [0.15, 0.2) is 5.82 Å². The van der Waals surface area contributed by atoms with Gasteiger partial charge < -0.3 is 10.1 Å². The van der Waals surface area contributed by atoms with E-state index in [9.17, 15) is 5.11 Å². The number of fused-ring (bicyclic) bond motifs is 1. The Morgan fingerprint density at radius 2 is 2.00 bits per heavy atom. The van der Waals surface area contributed by atoms with Gasteiger partial charge in [-0.3, -0.25) is 4.68 Å². The fraction of sp³-hybridized carbons (Fsp3) is 0.278. The summed E-state index contributed by atoms with van der Waals surface area (Å²) in [6.45, 7) is 3.17. The number of aryl methyl sites for hydroxylation is 3. The summed E-state index contributed by atoms with van der Waals surface area (Å²) in [5.41, 5.74) is 3.03. The Morgan fingerprint density at radius 1 is 1.12 bits per heavy atom. The summed E-state index contributed by atoms with van der Waals surface area (Å²) in [6.07, 6.45) is 4.60. The van der Waals surface area contributed by atoms with Gasteiger partial charge in [0.2, 0.25) is 0 Å². The van der Waals surface area contributed by atoms with Crippen molar-refractivity contribution in [1.82, 2.24) is 29.5 Å². The van der Waals surface area contributed by atoms with E-state index >= 15 is 0 Å². The highest BCUT2D eigenvalue weighted by Gasteiger charge is 2.15. The fourth-order valence-corrected chi connectivity index (χ4v) is 3.01. The van der Waals surface area contributed by atoms with Gasteiger partial charge in [0.05, 0.1) is 18.8 Å². The number of hydrogen-bond donors (Lipinski definition) is 2. The molecular formula is C18H20N6O. The SMILES string of the molecule is Cc1ccn(CCc2nc(-c3c[nH]c4ccccc34)nn2CCO)n1. The van der Waals surface area contributed by atoms with Gasteiger partial charge in [-0.05, 0) is 19.1 Å². The molecule has 0 amide bonds. The second-order valence-corrected chi connectivity index (χ2v) is 6.02. The predicted octanol–water partition coefficient (Wildman–Crippen LogP) is 2.17. The third-order valence-corrected chi connectivity index (χ3v) is 4.23. The van der Waals surface area contributed by atoms with Crippen LogP contribution in [-0.4, -0.2) is 41.2 Å². The summed E-state index contributed by atoms with van der Waals surface area (Å²) in [5, 5.41) is 19.4. The van der Waals surface area contributed by atoms with Crippen LogP contribution in [0.15, 0.2) is 42.7 Å². The molecule has 2 N–H and O–H groups in total. The molecule has 4 rings (SSSR count). The van der Waals surface area contributed by atoms with Crippen molar-refractivity contribution in [1.29, 1.82) is 0 Å². The van der Waals surface area contributed by atoms with Gasteiger partial charge in [0, 0.05) is 41.8 Å². The number of para-hydroxylation sites is 1. The second kappa shape index (κ2) is 6.52. The zero-order chi connectivity index (χ0) is 17.2. The normalized spacial score (nSPS) is 11.4. The lowest BCUT2D eigenvalue weighted by Gasteiger charge is -2.04. The lowest BCUT2D eigenvalue weighted by atomic mass is 10.2. The van der Waals surface area contributed by atoms with Crippen molar-refractivity contribution in [2.24, 2.45) is 0 Å². The van der Waals surface area contributed by atoms with Gasteiger partial charge >= 0.3 is 0 Å². The van der Waals surface area contributed by atoms with Gasteiger partial charge in [0.1, 0.15) is 5.82 Å². The molecular weight excluding hydrogens is 316 g/mol. The average Bonchev–Trinajstić information content (AvgIpc) is 3.31. The number of aromatic amines is 1. The van der Waals surface area contributed by atoms with Crippen molar-refractivity contribution < 1.29 is 5.11 Å². The molecule has 128 valence electrons. The number of hydrogen-bond acceptors (Lipinski definition) is 4. The summed E-state index contributed by atoms with van der Waals surface area (Å²) >= 11 is 0. The molecule has 3 aromatic heterocycles. The third-order valence-electron chi connectivity index (χ3n) is 4.23. The Hall–Kier alpha value is -2.93. The van der Waals surface area contributed by atoms with Crippen LogP contribution in [0.25, 0.3) is 22.3 Å². The van der Waals surface area contributed by atoms with Crippen LogP contribution in [0, 0.1) is 6.92 Å². The van der Waals surface area contributed by atoms with Gasteiger partial charge in [-0.15, -0.1) is 0 Å². The minimum Gasteiger partial charge on any atom is -0.394 e. The number of nitrogens with zero attached hydrogens (tertiary/aromatic N) is 5. The first-order valence-electron chi connectivity index (χ1n) is 8.36. The predicted molar refractivity (Wildman–Crippen MR) is 95.1 cm³/mol. The lowest BCUT2D eigenvalue weighted by Crippen LogP contribution is -2.11. The highest BCUT2D eigenvalue weighted by Crippen LogP contribution is 2.26. The minimum absolute atomic E-state index is 0.0323. The molecule has 0 radical (unpaired) electrons. The monoisotopic (exact) mass is 336 g/mol. The van der Waals surface area contributed by atoms with Crippen molar-refractivity contribution in [2.75, 3.05) is 6.61 Å². The quantitative estimate of drug-likeness (QED) is 0.565. The van der Waals surface area contributed by atoms with Crippen LogP contribution in [-0.2, 0) is 19.5 Å². The van der Waals surface area contributed by atoms with Crippen molar-refractivity contribution in [3.63, 3.8) is 0 Å². The summed E-state index contributed by atoms with van der Waals surface area (Å²) in [7, 11) is 0. The molecule has 4 aromatic rings. The molecule has 25 heavy (non-hydrogen) atoms. The number of benzene rings is 1. The molecule has 0 unspecified atom stereocenters. The zero-order valence-electron chi connectivity index (χ0n) is 14.1. The number of aliphatic hydroxyl groups is 1. The Labute approximate surface area is 144 Å². The molecule has 7 heteroatoms. The molecule has 0 aliphatic rings. The number of aromatic nitrogens is 6. The molecule has 0 spiro atoms. The van der Waals surface area contributed by atoms with Crippen molar-refractivity contribution in [2.45, 2.75) is 26.4 Å². The highest BCUT2D eigenvalue weighted by molar-refractivity contribution is 5.93. The first kappa shape index (κ1) is 15.6. The van der Waals surface area contributed by atoms with Crippen LogP contribution in [0.1, 0.15) is 11.5 Å². The van der Waals surface area contributed by atoms with Crippen LogP contribution in [0.3, 0.4) is 0 Å². The Morgan fingerprint density at radius 3 is 2.80 bits per heavy atom. The van der Waals surface area contributed by atoms with Crippen molar-refractivity contribution in [3.8, 4) is 11.4 Å². The van der Waals surface area contributed by atoms with Gasteiger partial charge in [0.25, 0.3) is 0 Å². The molecule has 0 aliphatic carbocycles. The van der Waals surface area contributed by atoms with Crippen LogP contribution < -0.4 is 0 Å². The molecule has 3 heterocycles. The molecule has 0 fully saturated rings. The van der Waals surface area contributed by atoms with E-state index in [1.54, 1.807) is 4.68 Å². The Bertz CT molecular complexity index is 996. The molecule has 7 nitrogen and oxygen atoms in total. The van der Waals surface area contributed by atoms with E-state index in [0.29, 0.717) is 18.8 Å². The lowest BCUT2D eigenvalue weighted by molar-refractivity contribution is 0.266. The largest absolute Gasteiger partial charge is 0.394 e. The maximum absolute atomic E-state index is 9.33. The third kappa shape index (κ3) is 3.06. The molecule has 0 saturated heterocycles. The first-order valence-corrected chi connectivity index (χ1v) is 8.36. The maximum Gasteiger partial charge on any atom is 0.183 e. The minimum atomic E-state index is 0.0323. The van der Waals surface area contributed by atoms with Gasteiger partial charge in [-0.25, -0.2) is 9.67 Å². The summed E-state index contributed by atoms with van der Waals surface area (Å²) in [5.74, 6) is 1.53. The summed E-state index contributed by atoms with van der Waals surface area (Å²) in [6, 6.07) is 10.1. The van der Waals surface area contributed by atoms with Crippen LogP contribution in [0.2, 0.25) is 0 Å². The van der Waals surface area contributed by atoms with E-state index in [4.69, 9.17) is 4.98 Å². The molecule has 0 aliphatic heterocycles. The van der Waals surface area contributed by atoms with Crippen LogP contribution >= 0.6 is 0 Å². The van der Waals surface area contributed by atoms with Gasteiger partial charge in [-0.2, -0.15) is 10.2 Å². The smallest absolute Gasteiger partial charge is 0.183 e. The number of aliphatic hydroxyl groups excluding tert-OH is 1. The van der Waals surface area contributed by atoms with E-state index in [1.165, 1.54) is 0 Å². The zero-order valence-corrected chi connectivity index (χ0v) is 14.1. The first-order chi connectivity index (χ1) is 12.2. The van der Waals surface area contributed by atoms with E-state index in [0.717, 1.165) is 34.5 Å². The van der Waals surface area contributed by atoms with E-state index in [1.807, 2.05) is 48.3 Å². The average molecular weight is 336 g/mol. The molecule has 1 aromatic carbocycles. The number of rotatable bonds is 6. The number of H-pyrrole nitrogens is 1. The standard InChI is InChI=1S/C18H20N6O/c1-13-6-8-23(21-13)9-7-17-20-18(22-24(17)10-11-25)15-12-19-16-5-3-2-4-14(15)16/h2-6,8,12,19,25H,7,9-11H2,1H3. The van der Waals surface area contributed by atoms with E-state index < -0.39 is 0 Å². The fourth-order valence-electron chi connectivity index (χ4n) is 3.01. The molecule has 0 atom stereocenters. The van der Waals surface area contributed by atoms with Gasteiger partial charge in [-0.1, -0.05) is 18.2 Å². The van der Waals surface area contributed by atoms with Crippen molar-refractivity contribution in [3.05, 3.63) is 54.2 Å². The van der Waals surface area contributed by atoms with E-state index in [-0.39, 0.29) is 6.61 Å². The molecule has 0 saturated carbocycles. The topological polar surface area (TPSA) is 84.5 Å². The van der Waals surface area contributed by atoms with Crippen LogP contribution in [0.5, 0.6) is 0 Å². The van der Waals surface area contributed by atoms with Crippen molar-refractivity contribution >= 4 is 10.9 Å². The molecule has 0 bridgehead atoms. The second-order valence-electron chi connectivity index (χ2n) is 6.02. The number of nitrogens with one attached hydrogen (secondary N) is 1. The van der Waals surface area contributed by atoms with E-state index in [2.05, 4.69) is 21.2 Å². The summed E-state index contributed by atoms with van der Waals surface area (Å²) in [4.78, 5) is 7.98.